The van der Waals surface area contributed by atoms with Gasteiger partial charge in [-0.15, -0.1) is 0 Å². The molecule has 5 nitrogen and oxygen atoms in total. The highest BCUT2D eigenvalue weighted by Gasteiger charge is 2.34. The minimum absolute atomic E-state index is 0.352. The van der Waals surface area contributed by atoms with E-state index in [1.54, 1.807) is 0 Å². The van der Waals surface area contributed by atoms with Crippen LogP contribution in [0.1, 0.15) is 25.3 Å². The first kappa shape index (κ1) is 17.0. The molecule has 0 aromatic heterocycles. The van der Waals surface area contributed by atoms with Gasteiger partial charge in [-0.25, -0.2) is 9.59 Å². The SMILES string of the molecule is CCc1ccc(-c2ccccc2)c(NC(=O)N2CCCC2C(=O)O)c1. The fraction of sp³-hybridized carbons (Fsp3) is 0.300. The van der Waals surface area contributed by atoms with Gasteiger partial charge in [-0.2, -0.15) is 0 Å². The maximum absolute atomic E-state index is 12.7. The summed E-state index contributed by atoms with van der Waals surface area (Å²) in [6, 6.07) is 14.8. The van der Waals surface area contributed by atoms with E-state index in [0.717, 1.165) is 23.1 Å². The minimum Gasteiger partial charge on any atom is -0.480 e. The molecule has 1 heterocycles. The third-order valence-electron chi connectivity index (χ3n) is 4.62. The van der Waals surface area contributed by atoms with Gasteiger partial charge >= 0.3 is 12.0 Å². The Morgan fingerprint density at radius 1 is 1.20 bits per heavy atom. The normalized spacial score (nSPS) is 16.7. The molecule has 25 heavy (non-hydrogen) atoms. The van der Waals surface area contributed by atoms with Crippen molar-refractivity contribution in [2.75, 3.05) is 11.9 Å². The lowest BCUT2D eigenvalue weighted by molar-refractivity contribution is -0.141. The zero-order chi connectivity index (χ0) is 17.8. The Morgan fingerprint density at radius 2 is 1.96 bits per heavy atom. The Kier molecular flexibility index (Phi) is 5.03. The summed E-state index contributed by atoms with van der Waals surface area (Å²) in [5.74, 6) is -0.946. The summed E-state index contributed by atoms with van der Waals surface area (Å²) in [5.41, 5.74) is 3.77. The topological polar surface area (TPSA) is 69.6 Å². The Balaban J connectivity index is 1.90. The van der Waals surface area contributed by atoms with Crippen LogP contribution in [0.3, 0.4) is 0 Å². The third-order valence-corrected chi connectivity index (χ3v) is 4.62. The van der Waals surface area contributed by atoms with Crippen LogP contribution in [0.4, 0.5) is 10.5 Å². The number of hydrogen-bond donors (Lipinski definition) is 2. The number of rotatable bonds is 4. The first-order valence-electron chi connectivity index (χ1n) is 8.59. The monoisotopic (exact) mass is 338 g/mol. The van der Waals surface area contributed by atoms with Crippen molar-refractivity contribution in [2.45, 2.75) is 32.2 Å². The predicted octanol–water partition coefficient (Wildman–Crippen LogP) is 4.00. The van der Waals surface area contributed by atoms with Crippen LogP contribution in [0.5, 0.6) is 0 Å². The van der Waals surface area contributed by atoms with Gasteiger partial charge in [0.25, 0.3) is 0 Å². The van der Waals surface area contributed by atoms with E-state index in [0.29, 0.717) is 25.1 Å². The van der Waals surface area contributed by atoms with Crippen molar-refractivity contribution < 1.29 is 14.7 Å². The number of benzene rings is 2. The van der Waals surface area contributed by atoms with Gasteiger partial charge < -0.3 is 15.3 Å². The number of amides is 2. The van der Waals surface area contributed by atoms with E-state index in [1.807, 2.05) is 48.5 Å². The number of aliphatic carboxylic acids is 1. The summed E-state index contributed by atoms with van der Waals surface area (Å²) in [6.45, 7) is 2.53. The van der Waals surface area contributed by atoms with Crippen molar-refractivity contribution in [3.05, 3.63) is 54.1 Å². The van der Waals surface area contributed by atoms with Crippen LogP contribution < -0.4 is 5.32 Å². The van der Waals surface area contributed by atoms with Crippen LogP contribution in [0, 0.1) is 0 Å². The molecule has 0 saturated carbocycles. The molecule has 2 amide bonds. The summed E-state index contributed by atoms with van der Waals surface area (Å²) < 4.78 is 0. The van der Waals surface area contributed by atoms with Gasteiger partial charge in [0.2, 0.25) is 0 Å². The molecule has 1 atom stereocenters. The zero-order valence-corrected chi connectivity index (χ0v) is 14.2. The van der Waals surface area contributed by atoms with Crippen LogP contribution >= 0.6 is 0 Å². The first-order chi connectivity index (χ1) is 12.1. The van der Waals surface area contributed by atoms with Crippen molar-refractivity contribution in [1.29, 1.82) is 0 Å². The average Bonchev–Trinajstić information content (AvgIpc) is 3.12. The van der Waals surface area contributed by atoms with Gasteiger partial charge in [0, 0.05) is 12.1 Å². The van der Waals surface area contributed by atoms with Gasteiger partial charge in [-0.3, -0.25) is 0 Å². The molecule has 0 aliphatic carbocycles. The lowest BCUT2D eigenvalue weighted by atomic mass is 10.0. The number of urea groups is 1. The summed E-state index contributed by atoms with van der Waals surface area (Å²) in [5, 5.41) is 12.2. The van der Waals surface area contributed by atoms with E-state index < -0.39 is 12.0 Å². The number of hydrogen-bond acceptors (Lipinski definition) is 2. The molecule has 5 heteroatoms. The summed E-state index contributed by atoms with van der Waals surface area (Å²) in [7, 11) is 0. The van der Waals surface area contributed by atoms with Gasteiger partial charge in [0.05, 0.1) is 5.69 Å². The highest BCUT2D eigenvalue weighted by Crippen LogP contribution is 2.30. The standard InChI is InChI=1S/C20H22N2O3/c1-2-14-10-11-16(15-7-4-3-5-8-15)17(13-14)21-20(25)22-12-6-9-18(22)19(23)24/h3-5,7-8,10-11,13,18H,2,6,9,12H2,1H3,(H,21,25)(H,23,24). The second-order valence-corrected chi connectivity index (χ2v) is 6.22. The second-order valence-electron chi connectivity index (χ2n) is 6.22. The molecule has 2 aromatic carbocycles. The van der Waals surface area contributed by atoms with Gasteiger partial charge in [-0.05, 0) is 36.5 Å². The molecular weight excluding hydrogens is 316 g/mol. The second kappa shape index (κ2) is 7.38. The van der Waals surface area contributed by atoms with E-state index in [-0.39, 0.29) is 6.03 Å². The number of carboxylic acid groups (broad SMARTS) is 1. The Morgan fingerprint density at radius 3 is 2.64 bits per heavy atom. The van der Waals surface area contributed by atoms with Crippen molar-refractivity contribution in [2.24, 2.45) is 0 Å². The summed E-state index contributed by atoms with van der Waals surface area (Å²) >= 11 is 0. The maximum Gasteiger partial charge on any atom is 0.326 e. The number of carbonyl (C=O) groups is 2. The smallest absolute Gasteiger partial charge is 0.326 e. The number of nitrogens with one attached hydrogen (secondary N) is 1. The molecular formula is C20H22N2O3. The Hall–Kier alpha value is -2.82. The van der Waals surface area contributed by atoms with Crippen molar-refractivity contribution >= 4 is 17.7 Å². The molecule has 1 fully saturated rings. The van der Waals surface area contributed by atoms with Gasteiger partial charge in [0.1, 0.15) is 6.04 Å². The Labute approximate surface area is 147 Å². The molecule has 130 valence electrons. The molecule has 1 saturated heterocycles. The highest BCUT2D eigenvalue weighted by molar-refractivity contribution is 5.96. The largest absolute Gasteiger partial charge is 0.480 e. The number of anilines is 1. The molecule has 1 aliphatic rings. The molecule has 3 rings (SSSR count). The van der Waals surface area contributed by atoms with Gasteiger partial charge in [-0.1, -0.05) is 49.4 Å². The quantitative estimate of drug-likeness (QED) is 0.885. The molecule has 1 unspecified atom stereocenters. The van der Waals surface area contributed by atoms with Crippen LogP contribution in [0.2, 0.25) is 0 Å². The van der Waals surface area contributed by atoms with Crippen molar-refractivity contribution in [1.82, 2.24) is 4.90 Å². The van der Waals surface area contributed by atoms with Crippen LogP contribution in [-0.2, 0) is 11.2 Å². The Bertz CT molecular complexity index is 774. The van der Waals surface area contributed by atoms with Gasteiger partial charge in [0.15, 0.2) is 0 Å². The lowest BCUT2D eigenvalue weighted by Crippen LogP contribution is -2.42. The molecule has 0 bridgehead atoms. The molecule has 1 aliphatic heterocycles. The fourth-order valence-electron chi connectivity index (χ4n) is 3.24. The number of carboxylic acids is 1. The number of likely N-dealkylation sites (tertiary alicyclic amines) is 1. The summed E-state index contributed by atoms with van der Waals surface area (Å²) in [6.07, 6.45) is 2.08. The van der Waals surface area contributed by atoms with Crippen molar-refractivity contribution in [3.8, 4) is 11.1 Å². The van der Waals surface area contributed by atoms with Crippen molar-refractivity contribution in [3.63, 3.8) is 0 Å². The van der Waals surface area contributed by atoms with Crippen LogP contribution in [0.15, 0.2) is 48.5 Å². The maximum atomic E-state index is 12.7. The summed E-state index contributed by atoms with van der Waals surface area (Å²) in [4.78, 5) is 25.4. The zero-order valence-electron chi connectivity index (χ0n) is 14.2. The van der Waals surface area contributed by atoms with E-state index in [1.165, 1.54) is 4.90 Å². The molecule has 2 aromatic rings. The van der Waals surface area contributed by atoms with E-state index in [2.05, 4.69) is 12.2 Å². The fourth-order valence-corrected chi connectivity index (χ4v) is 3.24. The van der Waals surface area contributed by atoms with Crippen LogP contribution in [0.25, 0.3) is 11.1 Å². The van der Waals surface area contributed by atoms with E-state index >= 15 is 0 Å². The number of nitrogens with zero attached hydrogens (tertiary/aromatic N) is 1. The molecule has 2 N–H and O–H groups in total. The average molecular weight is 338 g/mol. The molecule has 0 spiro atoms. The number of carbonyl (C=O) groups excluding carboxylic acids is 1. The van der Waals surface area contributed by atoms with E-state index in [4.69, 9.17) is 0 Å². The lowest BCUT2D eigenvalue weighted by Gasteiger charge is -2.23. The van der Waals surface area contributed by atoms with E-state index in [9.17, 15) is 14.7 Å². The minimum atomic E-state index is -0.946. The highest BCUT2D eigenvalue weighted by atomic mass is 16.4. The first-order valence-corrected chi connectivity index (χ1v) is 8.59. The van der Waals surface area contributed by atoms with Crippen LogP contribution in [-0.4, -0.2) is 34.6 Å². The number of aryl methyl sites for hydroxylation is 1. The predicted molar refractivity (Wildman–Crippen MR) is 97.6 cm³/mol. The molecule has 0 radical (unpaired) electrons. The third kappa shape index (κ3) is 3.65.